The van der Waals surface area contributed by atoms with E-state index in [4.69, 9.17) is 29.0 Å². The maximum Gasteiger partial charge on any atom is 0.386 e. The largest absolute Gasteiger partial charge is 0.386 e. The Morgan fingerprint density at radius 2 is 2.00 bits per heavy atom. The molecular weight excluding hydrogens is 642 g/mol. The number of halogens is 1. The van der Waals surface area contributed by atoms with Gasteiger partial charge in [0.1, 0.15) is 12.3 Å². The van der Waals surface area contributed by atoms with Crippen LogP contribution in [0, 0.1) is 5.92 Å². The van der Waals surface area contributed by atoms with Gasteiger partial charge in [-0.2, -0.15) is 4.98 Å². The first-order valence-corrected chi connectivity index (χ1v) is 16.2. The Morgan fingerprint density at radius 1 is 1.22 bits per heavy atom. The number of imidazole rings is 3. The number of anilines is 1. The lowest BCUT2D eigenvalue weighted by Crippen LogP contribution is -2.37. The third-order valence-electron chi connectivity index (χ3n) is 7.77. The molecule has 0 spiro atoms. The molecule has 0 amide bonds. The van der Waals surface area contributed by atoms with Crippen LogP contribution in [0.5, 0.6) is 0 Å². The minimum Gasteiger partial charge on any atom is -0.379 e. The van der Waals surface area contributed by atoms with E-state index in [1.807, 2.05) is 0 Å². The van der Waals surface area contributed by atoms with Crippen LogP contribution in [-0.4, -0.2) is 93.5 Å². The molecule has 2 bridgehead atoms. The standard InChI is InChI=1S/C23H26FN10O9PS/c1-39-10-6-41-44(38,45)43-14-11(24)21(42-20(14)33-7-27-12-15(33)29-22(25)30-16(12)35)40-5-2-9(10)19(37)34-8-28-13-17(36)31-23-26-3-4-32(23)18(13)34/h3-4,7-11,14,19-21,37H,2,5-6H2,1H3,(H,38,45)(H,26,31,36)(H3,25,29,30,35)/t9-,10-,11+,14-,19-,20-,21?,44?/m1/s1. The first-order valence-electron chi connectivity index (χ1n) is 13.5. The summed E-state index contributed by atoms with van der Waals surface area (Å²) in [7, 11) is 1.36. The van der Waals surface area contributed by atoms with E-state index in [2.05, 4.69) is 42.2 Å². The summed E-state index contributed by atoms with van der Waals surface area (Å²) in [5.74, 6) is -0.851. The minimum absolute atomic E-state index is 0.0389. The zero-order valence-corrected chi connectivity index (χ0v) is 25.0. The number of nitrogens with zero attached hydrogens (tertiary/aromatic N) is 7. The van der Waals surface area contributed by atoms with Gasteiger partial charge in [0, 0.05) is 25.4 Å². The molecule has 240 valence electrons. The molecule has 8 atom stereocenters. The molecule has 0 aliphatic carbocycles. The van der Waals surface area contributed by atoms with E-state index in [1.165, 1.54) is 35.1 Å². The van der Waals surface area contributed by atoms with Crippen molar-refractivity contribution in [3.8, 4) is 0 Å². The van der Waals surface area contributed by atoms with Gasteiger partial charge in [0.05, 0.1) is 32.0 Å². The highest BCUT2D eigenvalue weighted by Gasteiger charge is 2.51. The van der Waals surface area contributed by atoms with E-state index < -0.39 is 67.6 Å². The summed E-state index contributed by atoms with van der Waals surface area (Å²) in [6.07, 6.45) is -3.32. The van der Waals surface area contributed by atoms with Crippen LogP contribution in [0.1, 0.15) is 18.9 Å². The summed E-state index contributed by atoms with van der Waals surface area (Å²) < 4.78 is 61.8. The molecule has 5 aromatic rings. The number of aromatic nitrogens is 9. The quantitative estimate of drug-likeness (QED) is 0.128. The summed E-state index contributed by atoms with van der Waals surface area (Å²) in [4.78, 5) is 46.2. The number of nitrogens with two attached hydrogens (primary N) is 1. The summed E-state index contributed by atoms with van der Waals surface area (Å²) in [5.41, 5.74) is 4.71. The van der Waals surface area contributed by atoms with E-state index in [-0.39, 0.29) is 47.1 Å². The van der Waals surface area contributed by atoms with Crippen LogP contribution in [0.25, 0.3) is 28.1 Å². The number of thiol groups is 1. The Labute approximate surface area is 255 Å². The van der Waals surface area contributed by atoms with Crippen molar-refractivity contribution in [2.45, 2.75) is 43.5 Å². The molecule has 0 aromatic carbocycles. The van der Waals surface area contributed by atoms with Crippen molar-refractivity contribution in [2.75, 3.05) is 26.1 Å². The van der Waals surface area contributed by atoms with E-state index >= 15 is 4.39 Å². The van der Waals surface area contributed by atoms with Crippen molar-refractivity contribution >= 4 is 53.1 Å². The number of alkyl halides is 1. The van der Waals surface area contributed by atoms with Crippen LogP contribution in [0.15, 0.2) is 34.6 Å². The molecule has 2 fully saturated rings. The number of H-pyrrole nitrogens is 2. The number of methoxy groups -OCH3 is 1. The van der Waals surface area contributed by atoms with Crippen LogP contribution in [0.3, 0.4) is 0 Å². The maximum absolute atomic E-state index is 15.9. The SMILES string of the molecule is CO[C@@H]1COP(=O)(S)O[C@@H]2[C@H](F)C(OCC[C@H]1[C@@H](O)n1cnc3c(=O)[nH]c4nccn4c31)O[C@H]2n1cnc2c(=O)[nH]c(N)nc21. The lowest BCUT2D eigenvalue weighted by molar-refractivity contribution is -0.172. The molecule has 0 radical (unpaired) electrons. The first kappa shape index (κ1) is 30.0. The minimum atomic E-state index is -4.34. The molecule has 0 saturated carbocycles. The van der Waals surface area contributed by atoms with Crippen molar-refractivity contribution < 1.29 is 37.3 Å². The first-order chi connectivity index (χ1) is 21.6. The molecule has 7 rings (SSSR count). The van der Waals surface area contributed by atoms with Crippen LogP contribution in [-0.2, 0) is 27.8 Å². The molecule has 2 aliphatic rings. The number of aromatic amines is 2. The topological polar surface area (TPSA) is 241 Å². The van der Waals surface area contributed by atoms with Crippen LogP contribution in [0.2, 0.25) is 0 Å². The van der Waals surface area contributed by atoms with Gasteiger partial charge >= 0.3 is 6.80 Å². The number of hydrogen-bond acceptors (Lipinski definition) is 14. The van der Waals surface area contributed by atoms with E-state index in [0.717, 1.165) is 0 Å². The highest BCUT2D eigenvalue weighted by molar-refractivity contribution is 8.44. The summed E-state index contributed by atoms with van der Waals surface area (Å²) in [5, 5.41) is 11.7. The maximum atomic E-state index is 15.9. The van der Waals surface area contributed by atoms with Crippen LogP contribution in [0.4, 0.5) is 10.3 Å². The average Bonchev–Trinajstić information content (AvgIpc) is 3.78. The second-order valence-electron chi connectivity index (χ2n) is 10.4. The number of nitrogens with one attached hydrogen (secondary N) is 2. The molecule has 5 aromatic heterocycles. The molecule has 45 heavy (non-hydrogen) atoms. The molecule has 2 aliphatic heterocycles. The lowest BCUT2D eigenvalue weighted by atomic mass is 9.96. The normalized spacial score (nSPS) is 30.5. The fourth-order valence-corrected chi connectivity index (χ4v) is 7.09. The van der Waals surface area contributed by atoms with Gasteiger partial charge in [-0.3, -0.25) is 42.1 Å². The monoisotopic (exact) mass is 668 g/mol. The van der Waals surface area contributed by atoms with Gasteiger partial charge < -0.3 is 25.1 Å². The molecule has 2 unspecified atom stereocenters. The van der Waals surface area contributed by atoms with Gasteiger partial charge in [0.15, 0.2) is 41.0 Å². The molecule has 5 N–H and O–H groups in total. The molecule has 19 nitrogen and oxygen atoms in total. The Bertz CT molecular complexity index is 2060. The number of ether oxygens (including phenoxy) is 3. The Hall–Kier alpha value is -3.69. The lowest BCUT2D eigenvalue weighted by Gasteiger charge is -2.32. The Balaban J connectivity index is 1.22. The summed E-state index contributed by atoms with van der Waals surface area (Å²) in [6, 6.07) is 0. The van der Waals surface area contributed by atoms with Crippen molar-refractivity contribution in [3.05, 3.63) is 45.8 Å². The third-order valence-corrected chi connectivity index (χ3v) is 9.38. The van der Waals surface area contributed by atoms with Gasteiger partial charge in [-0.15, -0.1) is 0 Å². The summed E-state index contributed by atoms with van der Waals surface area (Å²) >= 11 is 4.06. The number of hydrogen-bond donors (Lipinski definition) is 5. The molecule has 7 heterocycles. The van der Waals surface area contributed by atoms with Gasteiger partial charge in [-0.1, -0.05) is 12.2 Å². The number of rotatable bonds is 4. The van der Waals surface area contributed by atoms with E-state index in [0.29, 0.717) is 0 Å². The van der Waals surface area contributed by atoms with Gasteiger partial charge in [-0.25, -0.2) is 23.9 Å². The second kappa shape index (κ2) is 11.3. The zero-order chi connectivity index (χ0) is 31.6. The Morgan fingerprint density at radius 3 is 2.80 bits per heavy atom. The smallest absolute Gasteiger partial charge is 0.379 e. The summed E-state index contributed by atoms with van der Waals surface area (Å²) in [6.45, 7) is -4.91. The van der Waals surface area contributed by atoms with Crippen molar-refractivity contribution in [1.82, 2.24) is 43.4 Å². The molecule has 22 heteroatoms. The molecule has 2 saturated heterocycles. The number of fused-ring (bicyclic) bond motifs is 6. The van der Waals surface area contributed by atoms with Crippen LogP contribution >= 0.6 is 19.0 Å². The fraction of sp³-hybridized carbons (Fsp3) is 0.478. The van der Waals surface area contributed by atoms with Gasteiger partial charge in [-0.05, 0) is 6.42 Å². The van der Waals surface area contributed by atoms with Crippen molar-refractivity contribution in [1.29, 1.82) is 0 Å². The van der Waals surface area contributed by atoms with Gasteiger partial charge in [0.2, 0.25) is 11.7 Å². The fourth-order valence-electron chi connectivity index (χ4n) is 5.64. The highest BCUT2D eigenvalue weighted by atomic mass is 32.7. The van der Waals surface area contributed by atoms with Gasteiger partial charge in [0.25, 0.3) is 11.1 Å². The number of aliphatic hydroxyl groups is 1. The van der Waals surface area contributed by atoms with Crippen LogP contribution < -0.4 is 16.9 Å². The highest BCUT2D eigenvalue weighted by Crippen LogP contribution is 2.57. The third kappa shape index (κ3) is 5.14. The second-order valence-corrected chi connectivity index (χ2v) is 13.2. The predicted octanol–water partition coefficient (Wildman–Crippen LogP) is 0.263. The van der Waals surface area contributed by atoms with Crippen molar-refractivity contribution in [3.63, 3.8) is 0 Å². The number of nitrogen functional groups attached to an aromatic ring is 1. The molecular formula is C23H26FN10O9PS. The number of aliphatic hydroxyl groups excluding tert-OH is 1. The predicted molar refractivity (Wildman–Crippen MR) is 154 cm³/mol. The van der Waals surface area contributed by atoms with E-state index in [9.17, 15) is 19.3 Å². The average molecular weight is 669 g/mol. The Kier molecular flexibility index (Phi) is 7.52. The van der Waals surface area contributed by atoms with Crippen molar-refractivity contribution in [2.24, 2.45) is 5.92 Å². The van der Waals surface area contributed by atoms with E-state index in [1.54, 1.807) is 10.6 Å². The zero-order valence-electron chi connectivity index (χ0n) is 23.2.